The van der Waals surface area contributed by atoms with Crippen molar-refractivity contribution in [2.24, 2.45) is 0 Å². The summed E-state index contributed by atoms with van der Waals surface area (Å²) >= 11 is 0. The molecule has 0 N–H and O–H groups in total. The lowest BCUT2D eigenvalue weighted by molar-refractivity contribution is 0.669. The average molecular weight is 729 g/mol. The molecule has 0 saturated carbocycles. The molecular weight excluding hydrogens is 693 g/mol. The first-order chi connectivity index (χ1) is 28.3. The molecule has 11 rings (SSSR count). The smallest absolute Gasteiger partial charge is 0.135 e. The highest BCUT2D eigenvalue weighted by Crippen LogP contribution is 2.49. The lowest BCUT2D eigenvalue weighted by Gasteiger charge is -2.31. The summed E-state index contributed by atoms with van der Waals surface area (Å²) in [4.78, 5) is 2.46. The molecule has 2 heterocycles. The van der Waals surface area contributed by atoms with Crippen LogP contribution in [0.15, 0.2) is 223 Å². The van der Waals surface area contributed by atoms with E-state index in [-0.39, 0.29) is 0 Å². The van der Waals surface area contributed by atoms with Gasteiger partial charge in [-0.25, -0.2) is 0 Å². The van der Waals surface area contributed by atoms with Crippen molar-refractivity contribution in [3.05, 3.63) is 218 Å². The fourth-order valence-corrected chi connectivity index (χ4v) is 8.66. The van der Waals surface area contributed by atoms with Gasteiger partial charge >= 0.3 is 0 Å². The number of hydrogen-bond donors (Lipinski definition) is 0. The molecule has 0 unspecified atom stereocenters. The number of para-hydroxylation sites is 5. The third-order valence-corrected chi connectivity index (χ3v) is 11.2. The van der Waals surface area contributed by atoms with E-state index in [1.165, 1.54) is 27.4 Å². The Hall–Kier alpha value is -7.62. The molecule has 0 aliphatic heterocycles. The van der Waals surface area contributed by atoms with Crippen molar-refractivity contribution in [1.82, 2.24) is 4.57 Å². The minimum Gasteiger partial charge on any atom is -0.456 e. The highest BCUT2D eigenvalue weighted by Gasteiger charge is 2.25. The van der Waals surface area contributed by atoms with E-state index in [4.69, 9.17) is 4.42 Å². The molecule has 3 heteroatoms. The highest BCUT2D eigenvalue weighted by molar-refractivity contribution is 6.11. The fraction of sp³-hybridized carbons (Fsp3) is 0. The van der Waals surface area contributed by atoms with Gasteiger partial charge in [0.1, 0.15) is 11.2 Å². The van der Waals surface area contributed by atoms with Crippen molar-refractivity contribution in [3.8, 4) is 39.1 Å². The van der Waals surface area contributed by atoms with Gasteiger partial charge in [-0.2, -0.15) is 0 Å². The molecule has 0 saturated heterocycles. The molecule has 0 atom stereocenters. The van der Waals surface area contributed by atoms with Crippen molar-refractivity contribution >= 4 is 60.8 Å². The summed E-state index contributed by atoms with van der Waals surface area (Å²) in [5.41, 5.74) is 15.3. The molecule has 0 radical (unpaired) electrons. The van der Waals surface area contributed by atoms with Crippen LogP contribution >= 0.6 is 0 Å². The Kier molecular flexibility index (Phi) is 7.82. The maximum absolute atomic E-state index is 6.34. The normalized spacial score (nSPS) is 11.5. The Morgan fingerprint density at radius 3 is 1.70 bits per heavy atom. The highest BCUT2D eigenvalue weighted by atomic mass is 16.3. The average Bonchev–Trinajstić information content (AvgIpc) is 3.83. The number of nitrogens with zero attached hydrogens (tertiary/aromatic N) is 2. The Balaban J connectivity index is 1.24. The first-order valence-electron chi connectivity index (χ1n) is 19.4. The second-order valence-electron chi connectivity index (χ2n) is 14.5. The van der Waals surface area contributed by atoms with Crippen LogP contribution in [0.3, 0.4) is 0 Å². The van der Waals surface area contributed by atoms with Gasteiger partial charge in [0.2, 0.25) is 0 Å². The molecule has 0 aliphatic rings. The molecule has 0 bridgehead atoms. The van der Waals surface area contributed by atoms with Gasteiger partial charge in [-0.1, -0.05) is 158 Å². The van der Waals surface area contributed by atoms with E-state index in [0.717, 1.165) is 72.5 Å². The number of hydrogen-bond acceptors (Lipinski definition) is 2. The Bertz CT molecular complexity index is 3190. The molecule has 57 heavy (non-hydrogen) atoms. The van der Waals surface area contributed by atoms with Crippen LogP contribution in [0.2, 0.25) is 0 Å². The third-order valence-electron chi connectivity index (χ3n) is 11.2. The third kappa shape index (κ3) is 5.51. The topological polar surface area (TPSA) is 21.3 Å². The summed E-state index contributed by atoms with van der Waals surface area (Å²) in [5, 5.41) is 4.67. The lowest BCUT2D eigenvalue weighted by Crippen LogP contribution is -2.14. The van der Waals surface area contributed by atoms with Crippen LogP contribution in [-0.4, -0.2) is 4.57 Å². The van der Waals surface area contributed by atoms with Crippen LogP contribution in [-0.2, 0) is 0 Å². The minimum absolute atomic E-state index is 0.878. The Morgan fingerprint density at radius 2 is 0.930 bits per heavy atom. The molecule has 9 aromatic carbocycles. The summed E-state index contributed by atoms with van der Waals surface area (Å²) in [5.74, 6) is 0. The van der Waals surface area contributed by atoms with Crippen molar-refractivity contribution in [2.45, 2.75) is 0 Å². The van der Waals surface area contributed by atoms with Gasteiger partial charge in [-0.15, -0.1) is 0 Å². The van der Waals surface area contributed by atoms with Gasteiger partial charge in [0.05, 0.1) is 28.1 Å². The van der Waals surface area contributed by atoms with Crippen molar-refractivity contribution in [3.63, 3.8) is 0 Å². The largest absolute Gasteiger partial charge is 0.456 e. The van der Waals surface area contributed by atoms with Crippen LogP contribution in [0.25, 0.3) is 82.8 Å². The van der Waals surface area contributed by atoms with E-state index in [2.05, 4.69) is 216 Å². The molecule has 3 nitrogen and oxygen atoms in total. The van der Waals surface area contributed by atoms with Gasteiger partial charge in [0.15, 0.2) is 0 Å². The summed E-state index contributed by atoms with van der Waals surface area (Å²) in [6, 6.07) is 78.3. The summed E-state index contributed by atoms with van der Waals surface area (Å²) in [6.07, 6.45) is 0. The molecule has 0 fully saturated rings. The van der Waals surface area contributed by atoms with Crippen molar-refractivity contribution < 1.29 is 4.42 Å². The quantitative estimate of drug-likeness (QED) is 0.163. The van der Waals surface area contributed by atoms with E-state index in [9.17, 15) is 0 Å². The Labute approximate surface area is 330 Å². The van der Waals surface area contributed by atoms with Gasteiger partial charge in [0.25, 0.3) is 0 Å². The van der Waals surface area contributed by atoms with E-state index in [1.807, 2.05) is 12.1 Å². The maximum atomic E-state index is 6.34. The van der Waals surface area contributed by atoms with Crippen molar-refractivity contribution in [2.75, 3.05) is 4.90 Å². The zero-order valence-electron chi connectivity index (χ0n) is 31.1. The standard InChI is InChI=1S/C54H36N2O/c1-3-17-37(18-4-1)39-21-15-22-41(35-39)55(49-29-12-13-30-50(49)56-47-27-10-7-23-43(47)44-24-8-11-28-48(44)56)51-31-16-26-42(38-19-5-2-6-20-38)54(51)40-33-34-53-46(36-40)45-25-9-14-32-52(45)57-53/h1-36H. The number of furan rings is 1. The fourth-order valence-electron chi connectivity index (χ4n) is 8.66. The zero-order chi connectivity index (χ0) is 37.7. The van der Waals surface area contributed by atoms with Gasteiger partial charge < -0.3 is 13.9 Å². The van der Waals surface area contributed by atoms with Crippen LogP contribution in [0.1, 0.15) is 0 Å². The number of anilines is 3. The van der Waals surface area contributed by atoms with Gasteiger partial charge in [-0.3, -0.25) is 0 Å². The minimum atomic E-state index is 0.878. The SMILES string of the molecule is c1ccc(-c2cccc(N(c3ccccc3-n3c4ccccc4c4ccccc43)c3cccc(-c4ccccc4)c3-c3ccc4oc5ccccc5c4c3)c2)cc1. The molecule has 0 spiro atoms. The van der Waals surface area contributed by atoms with Crippen LogP contribution in [0.4, 0.5) is 17.1 Å². The molecule has 2 aromatic heterocycles. The predicted molar refractivity (Wildman–Crippen MR) is 239 cm³/mol. The second-order valence-corrected chi connectivity index (χ2v) is 14.5. The number of fused-ring (bicyclic) bond motifs is 6. The number of rotatable bonds is 7. The monoisotopic (exact) mass is 728 g/mol. The molecular formula is C54H36N2O. The Morgan fingerprint density at radius 1 is 0.351 bits per heavy atom. The maximum Gasteiger partial charge on any atom is 0.135 e. The van der Waals surface area contributed by atoms with Crippen molar-refractivity contribution in [1.29, 1.82) is 0 Å². The summed E-state index contributed by atoms with van der Waals surface area (Å²) < 4.78 is 8.77. The first-order valence-corrected chi connectivity index (χ1v) is 19.4. The van der Waals surface area contributed by atoms with E-state index >= 15 is 0 Å². The zero-order valence-corrected chi connectivity index (χ0v) is 31.1. The lowest BCUT2D eigenvalue weighted by atomic mass is 9.91. The van der Waals surface area contributed by atoms with Crippen LogP contribution in [0.5, 0.6) is 0 Å². The molecule has 11 aromatic rings. The van der Waals surface area contributed by atoms with E-state index in [0.29, 0.717) is 0 Å². The molecule has 268 valence electrons. The van der Waals surface area contributed by atoms with Gasteiger partial charge in [-0.05, 0) is 88.5 Å². The number of aromatic nitrogens is 1. The van der Waals surface area contributed by atoms with E-state index < -0.39 is 0 Å². The summed E-state index contributed by atoms with van der Waals surface area (Å²) in [6.45, 7) is 0. The molecule has 0 aliphatic carbocycles. The first kappa shape index (κ1) is 32.8. The van der Waals surface area contributed by atoms with Crippen LogP contribution in [0, 0.1) is 0 Å². The summed E-state index contributed by atoms with van der Waals surface area (Å²) in [7, 11) is 0. The predicted octanol–water partition coefficient (Wildman–Crippen LogP) is 15.2. The van der Waals surface area contributed by atoms with E-state index in [1.54, 1.807) is 0 Å². The number of benzene rings is 9. The second kappa shape index (κ2) is 13.6. The molecule has 0 amide bonds. The van der Waals surface area contributed by atoms with Gasteiger partial charge in [0, 0.05) is 32.8 Å². The van der Waals surface area contributed by atoms with Crippen LogP contribution < -0.4 is 4.90 Å².